The Balaban J connectivity index is 1.74. The number of hydrogen-bond donors (Lipinski definition) is 2. The van der Waals surface area contributed by atoms with Gasteiger partial charge in [0, 0.05) is 24.5 Å². The van der Waals surface area contributed by atoms with Crippen LogP contribution in [-0.4, -0.2) is 31.1 Å². The number of benzene rings is 1. The molecule has 1 aromatic carbocycles. The highest BCUT2D eigenvalue weighted by atomic mass is 15.1. The van der Waals surface area contributed by atoms with Crippen LogP contribution in [0.25, 0.3) is 0 Å². The molecule has 0 atom stereocenters. The lowest BCUT2D eigenvalue weighted by molar-refractivity contribution is 0.199. The van der Waals surface area contributed by atoms with E-state index in [4.69, 9.17) is 5.73 Å². The zero-order chi connectivity index (χ0) is 13.0. The number of nitrogen functional groups attached to an aromatic ring is 1. The second kappa shape index (κ2) is 6.10. The number of nitrogens with one attached hydrogen (secondary N) is 1. The molecule has 1 aliphatic heterocycles. The summed E-state index contributed by atoms with van der Waals surface area (Å²) < 4.78 is 0. The van der Waals surface area contributed by atoms with Gasteiger partial charge in [-0.15, -0.1) is 0 Å². The summed E-state index contributed by atoms with van der Waals surface area (Å²) >= 11 is 0. The summed E-state index contributed by atoms with van der Waals surface area (Å²) in [6.45, 7) is 9.05. The van der Waals surface area contributed by atoms with Crippen molar-refractivity contribution in [3.63, 3.8) is 0 Å². The van der Waals surface area contributed by atoms with Crippen LogP contribution < -0.4 is 11.1 Å². The van der Waals surface area contributed by atoms with Crippen molar-refractivity contribution >= 4 is 11.4 Å². The number of likely N-dealkylation sites (tertiary alicyclic amines) is 1. The van der Waals surface area contributed by atoms with Gasteiger partial charge in [-0.1, -0.05) is 6.92 Å². The van der Waals surface area contributed by atoms with E-state index in [2.05, 4.69) is 30.1 Å². The van der Waals surface area contributed by atoms with Crippen LogP contribution >= 0.6 is 0 Å². The molecular weight excluding hydrogens is 222 g/mol. The van der Waals surface area contributed by atoms with Gasteiger partial charge in [0.15, 0.2) is 0 Å². The first-order valence-electron chi connectivity index (χ1n) is 6.97. The molecule has 1 fully saturated rings. The predicted octanol–water partition coefficient (Wildman–Crippen LogP) is 2.72. The van der Waals surface area contributed by atoms with E-state index in [-0.39, 0.29) is 0 Å². The molecule has 0 spiro atoms. The van der Waals surface area contributed by atoms with E-state index in [1.165, 1.54) is 31.5 Å². The topological polar surface area (TPSA) is 41.3 Å². The Kier molecular flexibility index (Phi) is 4.48. The van der Waals surface area contributed by atoms with Crippen molar-refractivity contribution < 1.29 is 0 Å². The molecular formula is C15H25N3. The molecule has 3 N–H and O–H groups in total. The summed E-state index contributed by atoms with van der Waals surface area (Å²) in [5, 5.41) is 3.46. The average molecular weight is 247 g/mol. The highest BCUT2D eigenvalue weighted by Crippen LogP contribution is 2.17. The number of nitrogens with zero attached hydrogens (tertiary/aromatic N) is 1. The zero-order valence-electron chi connectivity index (χ0n) is 11.6. The lowest BCUT2D eigenvalue weighted by atomic mass is 9.99. The van der Waals surface area contributed by atoms with Crippen LogP contribution in [0.15, 0.2) is 18.2 Å². The van der Waals surface area contributed by atoms with E-state index in [1.807, 2.05) is 12.1 Å². The Morgan fingerprint density at radius 2 is 2.00 bits per heavy atom. The zero-order valence-corrected chi connectivity index (χ0v) is 11.6. The van der Waals surface area contributed by atoms with Gasteiger partial charge in [-0.2, -0.15) is 0 Å². The van der Waals surface area contributed by atoms with Crippen molar-refractivity contribution in [2.45, 2.75) is 26.7 Å². The van der Waals surface area contributed by atoms with Gasteiger partial charge in [-0.25, -0.2) is 0 Å². The minimum atomic E-state index is 0.837. The van der Waals surface area contributed by atoms with Gasteiger partial charge in [0.1, 0.15) is 0 Å². The summed E-state index contributed by atoms with van der Waals surface area (Å²) in [4.78, 5) is 2.55. The highest BCUT2D eigenvalue weighted by molar-refractivity contribution is 5.56. The molecule has 2 rings (SSSR count). The first-order valence-corrected chi connectivity index (χ1v) is 6.97. The quantitative estimate of drug-likeness (QED) is 0.804. The van der Waals surface area contributed by atoms with E-state index in [1.54, 1.807) is 0 Å². The largest absolute Gasteiger partial charge is 0.399 e. The van der Waals surface area contributed by atoms with Crippen molar-refractivity contribution in [2.75, 3.05) is 37.2 Å². The second-order valence-electron chi connectivity index (χ2n) is 5.58. The van der Waals surface area contributed by atoms with Crippen molar-refractivity contribution in [1.82, 2.24) is 4.90 Å². The van der Waals surface area contributed by atoms with Gasteiger partial charge < -0.3 is 16.0 Å². The van der Waals surface area contributed by atoms with Gasteiger partial charge in [-0.3, -0.25) is 0 Å². The summed E-state index contributed by atoms with van der Waals surface area (Å²) in [7, 11) is 0. The maximum Gasteiger partial charge on any atom is 0.0363 e. The fourth-order valence-electron chi connectivity index (χ4n) is 2.56. The maximum absolute atomic E-state index is 5.84. The van der Waals surface area contributed by atoms with Crippen molar-refractivity contribution in [2.24, 2.45) is 5.92 Å². The fraction of sp³-hybridized carbons (Fsp3) is 0.600. The number of piperidine rings is 1. The molecule has 0 bridgehead atoms. The third kappa shape index (κ3) is 3.91. The molecule has 18 heavy (non-hydrogen) atoms. The number of aryl methyl sites for hydroxylation is 1. The molecule has 0 amide bonds. The van der Waals surface area contributed by atoms with Crippen LogP contribution in [0.5, 0.6) is 0 Å². The Bertz CT molecular complexity index is 361. The highest BCUT2D eigenvalue weighted by Gasteiger charge is 2.14. The van der Waals surface area contributed by atoms with Gasteiger partial charge >= 0.3 is 0 Å². The van der Waals surface area contributed by atoms with Crippen LogP contribution in [0.1, 0.15) is 25.3 Å². The number of hydrogen-bond acceptors (Lipinski definition) is 3. The molecule has 100 valence electrons. The van der Waals surface area contributed by atoms with Crippen LogP contribution in [0.2, 0.25) is 0 Å². The molecule has 0 radical (unpaired) electrons. The molecule has 1 heterocycles. The van der Waals surface area contributed by atoms with Crippen molar-refractivity contribution in [3.8, 4) is 0 Å². The van der Waals surface area contributed by atoms with Crippen LogP contribution in [0.3, 0.4) is 0 Å². The first-order chi connectivity index (χ1) is 8.63. The van der Waals surface area contributed by atoms with E-state index in [0.29, 0.717) is 0 Å². The molecule has 3 heteroatoms. The third-order valence-corrected chi connectivity index (χ3v) is 3.73. The minimum absolute atomic E-state index is 0.837. The Morgan fingerprint density at radius 3 is 2.67 bits per heavy atom. The Labute approximate surface area is 110 Å². The summed E-state index contributed by atoms with van der Waals surface area (Å²) in [6, 6.07) is 6.15. The van der Waals surface area contributed by atoms with Crippen LogP contribution in [0.4, 0.5) is 11.4 Å². The van der Waals surface area contributed by atoms with E-state index < -0.39 is 0 Å². The van der Waals surface area contributed by atoms with Gasteiger partial charge in [0.25, 0.3) is 0 Å². The molecule has 0 aliphatic carbocycles. The molecule has 0 unspecified atom stereocenters. The fourth-order valence-corrected chi connectivity index (χ4v) is 2.56. The molecule has 1 aliphatic rings. The Hall–Kier alpha value is -1.22. The molecule has 0 aromatic heterocycles. The van der Waals surface area contributed by atoms with E-state index in [0.717, 1.165) is 30.4 Å². The second-order valence-corrected chi connectivity index (χ2v) is 5.58. The van der Waals surface area contributed by atoms with Crippen LogP contribution in [-0.2, 0) is 0 Å². The van der Waals surface area contributed by atoms with Gasteiger partial charge in [0.2, 0.25) is 0 Å². The number of rotatable bonds is 4. The summed E-state index contributed by atoms with van der Waals surface area (Å²) in [6.07, 6.45) is 2.69. The first kappa shape index (κ1) is 13.2. The monoisotopic (exact) mass is 247 g/mol. The van der Waals surface area contributed by atoms with Gasteiger partial charge in [0.05, 0.1) is 0 Å². The average Bonchev–Trinajstić information content (AvgIpc) is 2.30. The lowest BCUT2D eigenvalue weighted by Gasteiger charge is -2.30. The normalized spacial score (nSPS) is 17.9. The van der Waals surface area contributed by atoms with Gasteiger partial charge in [-0.05, 0) is 62.5 Å². The summed E-state index contributed by atoms with van der Waals surface area (Å²) in [5.41, 5.74) is 9.03. The van der Waals surface area contributed by atoms with E-state index >= 15 is 0 Å². The predicted molar refractivity (Wildman–Crippen MR) is 78.9 cm³/mol. The molecule has 1 saturated heterocycles. The number of anilines is 2. The third-order valence-electron chi connectivity index (χ3n) is 3.73. The minimum Gasteiger partial charge on any atom is -0.399 e. The van der Waals surface area contributed by atoms with Crippen molar-refractivity contribution in [1.29, 1.82) is 0 Å². The van der Waals surface area contributed by atoms with Crippen LogP contribution in [0, 0.1) is 12.8 Å². The number of nitrogens with two attached hydrogens (primary N) is 1. The Morgan fingerprint density at radius 1 is 1.28 bits per heavy atom. The lowest BCUT2D eigenvalue weighted by Crippen LogP contribution is -2.36. The molecule has 0 saturated carbocycles. The summed E-state index contributed by atoms with van der Waals surface area (Å²) in [5.74, 6) is 0.908. The molecule has 3 nitrogen and oxygen atoms in total. The SMILES string of the molecule is Cc1cc(N)cc(NCCN2CCC(C)CC2)c1. The van der Waals surface area contributed by atoms with Crippen molar-refractivity contribution in [3.05, 3.63) is 23.8 Å². The van der Waals surface area contributed by atoms with E-state index in [9.17, 15) is 0 Å². The molecule has 1 aromatic rings. The smallest absolute Gasteiger partial charge is 0.0363 e. The standard InChI is InChI=1S/C15H25N3/c1-12-3-6-18(7-4-12)8-5-17-15-10-13(2)9-14(16)11-15/h9-12,17H,3-8,16H2,1-2H3. The maximum atomic E-state index is 5.84.